The average molecular weight is 345 g/mol. The van der Waals surface area contributed by atoms with Crippen molar-refractivity contribution in [2.75, 3.05) is 12.0 Å². The molecule has 23 heavy (non-hydrogen) atoms. The van der Waals surface area contributed by atoms with E-state index in [1.165, 1.54) is 11.3 Å². The lowest BCUT2D eigenvalue weighted by Gasteiger charge is -2.05. The third-order valence-corrected chi connectivity index (χ3v) is 4.57. The second-order valence-corrected chi connectivity index (χ2v) is 6.35. The number of phenolic OH excluding ortho intramolecular Hbond substituents is 1. The van der Waals surface area contributed by atoms with Gasteiger partial charge in [0.25, 0.3) is 0 Å². The zero-order valence-electron chi connectivity index (χ0n) is 12.4. The van der Waals surface area contributed by atoms with Crippen LogP contribution in [0.25, 0.3) is 10.6 Å². The van der Waals surface area contributed by atoms with Gasteiger partial charge >= 0.3 is 0 Å². The first-order chi connectivity index (χ1) is 11.3. The topological polar surface area (TPSA) is 66.7 Å². The SMILES string of the molecule is CCOc1cc(/C=N\Nc2nc(-c3cccs3)cs2)ccc1O. The van der Waals surface area contributed by atoms with Gasteiger partial charge in [-0.15, -0.1) is 22.7 Å². The smallest absolute Gasteiger partial charge is 0.203 e. The molecule has 2 heterocycles. The molecule has 0 bridgehead atoms. The molecule has 3 aromatic rings. The molecule has 2 N–H and O–H groups in total. The Morgan fingerprint density at radius 2 is 2.26 bits per heavy atom. The molecule has 1 aromatic carbocycles. The minimum atomic E-state index is 0.123. The molecule has 0 saturated heterocycles. The van der Waals surface area contributed by atoms with Crippen LogP contribution in [0.3, 0.4) is 0 Å². The average Bonchev–Trinajstić information content (AvgIpc) is 3.21. The minimum Gasteiger partial charge on any atom is -0.504 e. The number of anilines is 1. The fourth-order valence-electron chi connectivity index (χ4n) is 1.91. The number of hydrazone groups is 1. The Bertz CT molecular complexity index is 798. The highest BCUT2D eigenvalue weighted by atomic mass is 32.1. The number of hydrogen-bond acceptors (Lipinski definition) is 7. The van der Waals surface area contributed by atoms with Gasteiger partial charge in [-0.1, -0.05) is 6.07 Å². The van der Waals surface area contributed by atoms with E-state index in [0.29, 0.717) is 12.4 Å². The quantitative estimate of drug-likeness (QED) is 0.512. The number of hydrogen-bond donors (Lipinski definition) is 2. The maximum absolute atomic E-state index is 9.67. The summed E-state index contributed by atoms with van der Waals surface area (Å²) in [7, 11) is 0. The first-order valence-electron chi connectivity index (χ1n) is 7.00. The standard InChI is InChI=1S/C16H15N3O2S2/c1-2-21-14-8-11(5-6-13(14)20)9-17-19-16-18-12(10-23-16)15-4-3-7-22-15/h3-10,20H,2H2,1H3,(H,18,19)/b17-9-. The normalized spacial score (nSPS) is 11.0. The molecule has 118 valence electrons. The maximum Gasteiger partial charge on any atom is 0.203 e. The number of ether oxygens (including phenoxy) is 1. The monoisotopic (exact) mass is 345 g/mol. The maximum atomic E-state index is 9.67. The highest BCUT2D eigenvalue weighted by Gasteiger charge is 2.05. The van der Waals surface area contributed by atoms with Gasteiger partial charge in [0.05, 0.1) is 23.4 Å². The van der Waals surface area contributed by atoms with Crippen LogP contribution in [0.4, 0.5) is 5.13 Å². The molecule has 2 aromatic heterocycles. The van der Waals surface area contributed by atoms with Crippen LogP contribution < -0.4 is 10.2 Å². The van der Waals surface area contributed by atoms with Gasteiger partial charge < -0.3 is 9.84 Å². The van der Waals surface area contributed by atoms with Crippen LogP contribution in [-0.2, 0) is 0 Å². The van der Waals surface area contributed by atoms with Gasteiger partial charge in [-0.3, -0.25) is 5.43 Å². The van der Waals surface area contributed by atoms with Gasteiger partial charge in [0.15, 0.2) is 11.5 Å². The lowest BCUT2D eigenvalue weighted by molar-refractivity contribution is 0.318. The lowest BCUT2D eigenvalue weighted by Crippen LogP contribution is -1.94. The summed E-state index contributed by atoms with van der Waals surface area (Å²) in [5.41, 5.74) is 4.70. The summed E-state index contributed by atoms with van der Waals surface area (Å²) < 4.78 is 5.35. The lowest BCUT2D eigenvalue weighted by atomic mass is 10.2. The van der Waals surface area contributed by atoms with Gasteiger partial charge in [-0.05, 0) is 42.1 Å². The number of phenols is 1. The Hall–Kier alpha value is -2.38. The van der Waals surface area contributed by atoms with Gasteiger partial charge in [-0.2, -0.15) is 5.10 Å². The van der Waals surface area contributed by atoms with E-state index in [9.17, 15) is 5.11 Å². The van der Waals surface area contributed by atoms with Crippen molar-refractivity contribution in [3.63, 3.8) is 0 Å². The highest BCUT2D eigenvalue weighted by Crippen LogP contribution is 2.28. The van der Waals surface area contributed by atoms with Crippen LogP contribution in [0.5, 0.6) is 11.5 Å². The fraction of sp³-hybridized carbons (Fsp3) is 0.125. The summed E-state index contributed by atoms with van der Waals surface area (Å²) in [6.45, 7) is 2.37. The predicted octanol–water partition coefficient (Wildman–Crippen LogP) is 4.42. The molecule has 0 unspecified atom stereocenters. The summed E-state index contributed by atoms with van der Waals surface area (Å²) in [4.78, 5) is 5.62. The number of nitrogens with one attached hydrogen (secondary N) is 1. The van der Waals surface area contributed by atoms with Crippen molar-refractivity contribution in [3.05, 3.63) is 46.7 Å². The van der Waals surface area contributed by atoms with Crippen LogP contribution in [0.1, 0.15) is 12.5 Å². The fourth-order valence-corrected chi connectivity index (χ4v) is 3.33. The van der Waals surface area contributed by atoms with E-state index < -0.39 is 0 Å². The zero-order chi connectivity index (χ0) is 16.1. The first kappa shape index (κ1) is 15.5. The zero-order valence-corrected chi connectivity index (χ0v) is 14.0. The molecule has 0 spiro atoms. The number of thiophene rings is 1. The molecule has 0 radical (unpaired) electrons. The molecule has 0 fully saturated rings. The van der Waals surface area contributed by atoms with E-state index in [1.54, 1.807) is 35.8 Å². The van der Waals surface area contributed by atoms with E-state index in [-0.39, 0.29) is 5.75 Å². The Labute approximate surface area is 141 Å². The molecule has 0 amide bonds. The van der Waals surface area contributed by atoms with Gasteiger partial charge in [0, 0.05) is 5.38 Å². The summed E-state index contributed by atoms with van der Waals surface area (Å²) in [6.07, 6.45) is 1.66. The van der Waals surface area contributed by atoms with Crippen molar-refractivity contribution in [1.29, 1.82) is 0 Å². The van der Waals surface area contributed by atoms with Crippen molar-refractivity contribution in [1.82, 2.24) is 4.98 Å². The number of aromatic nitrogens is 1. The Balaban J connectivity index is 1.66. The molecular formula is C16H15N3O2S2. The first-order valence-corrected chi connectivity index (χ1v) is 8.76. The molecule has 3 rings (SSSR count). The molecule has 7 heteroatoms. The summed E-state index contributed by atoms with van der Waals surface area (Å²) in [5.74, 6) is 0.572. The number of aromatic hydroxyl groups is 1. The van der Waals surface area contributed by atoms with E-state index >= 15 is 0 Å². The summed E-state index contributed by atoms with van der Waals surface area (Å²) in [5, 5.41) is 18.6. The Kier molecular flexibility index (Phi) is 4.89. The summed E-state index contributed by atoms with van der Waals surface area (Å²) in [6, 6.07) is 9.14. The van der Waals surface area contributed by atoms with Crippen LogP contribution in [0, 0.1) is 0 Å². The summed E-state index contributed by atoms with van der Waals surface area (Å²) >= 11 is 3.16. The van der Waals surface area contributed by atoms with E-state index in [0.717, 1.165) is 21.3 Å². The number of thiazole rings is 1. The molecule has 0 aliphatic rings. The van der Waals surface area contributed by atoms with Crippen LogP contribution in [0.15, 0.2) is 46.2 Å². The highest BCUT2D eigenvalue weighted by molar-refractivity contribution is 7.15. The van der Waals surface area contributed by atoms with E-state index in [4.69, 9.17) is 4.74 Å². The van der Waals surface area contributed by atoms with Crippen LogP contribution >= 0.6 is 22.7 Å². The van der Waals surface area contributed by atoms with Crippen molar-refractivity contribution < 1.29 is 9.84 Å². The molecule has 0 aliphatic heterocycles. The second kappa shape index (κ2) is 7.26. The number of nitrogens with zero attached hydrogens (tertiary/aromatic N) is 2. The predicted molar refractivity (Wildman–Crippen MR) is 95.9 cm³/mol. The van der Waals surface area contributed by atoms with Crippen molar-refractivity contribution >= 4 is 34.0 Å². The Morgan fingerprint density at radius 3 is 3.04 bits per heavy atom. The van der Waals surface area contributed by atoms with E-state index in [2.05, 4.69) is 15.5 Å². The molecule has 0 saturated carbocycles. The molecular weight excluding hydrogens is 330 g/mol. The Morgan fingerprint density at radius 1 is 1.35 bits per heavy atom. The second-order valence-electron chi connectivity index (χ2n) is 4.55. The van der Waals surface area contributed by atoms with Crippen molar-refractivity contribution in [2.24, 2.45) is 5.10 Å². The van der Waals surface area contributed by atoms with E-state index in [1.807, 2.05) is 29.8 Å². The minimum absolute atomic E-state index is 0.123. The van der Waals surface area contributed by atoms with Crippen molar-refractivity contribution in [3.8, 4) is 22.1 Å². The van der Waals surface area contributed by atoms with Gasteiger partial charge in [0.1, 0.15) is 0 Å². The molecule has 0 atom stereocenters. The third-order valence-electron chi connectivity index (χ3n) is 2.94. The van der Waals surface area contributed by atoms with Gasteiger partial charge in [0.2, 0.25) is 5.13 Å². The molecule has 0 aliphatic carbocycles. The largest absolute Gasteiger partial charge is 0.504 e. The molecule has 5 nitrogen and oxygen atoms in total. The van der Waals surface area contributed by atoms with Gasteiger partial charge in [-0.25, -0.2) is 4.98 Å². The number of benzene rings is 1. The van der Waals surface area contributed by atoms with Crippen LogP contribution in [-0.4, -0.2) is 22.9 Å². The van der Waals surface area contributed by atoms with Crippen molar-refractivity contribution in [2.45, 2.75) is 6.92 Å². The third kappa shape index (κ3) is 3.88. The number of rotatable bonds is 6. The van der Waals surface area contributed by atoms with Crippen LogP contribution in [0.2, 0.25) is 0 Å².